The van der Waals surface area contributed by atoms with Gasteiger partial charge in [0.1, 0.15) is 0 Å². The number of hydrogen-bond donors (Lipinski definition) is 1. The third-order valence-corrected chi connectivity index (χ3v) is 2.44. The van der Waals surface area contributed by atoms with Gasteiger partial charge >= 0.3 is 0 Å². The maximum atomic E-state index is 5.08. The van der Waals surface area contributed by atoms with E-state index >= 15 is 0 Å². The normalized spacial score (nSPS) is 12.0. The number of aromatic nitrogens is 2. The summed E-state index contributed by atoms with van der Waals surface area (Å²) in [4.78, 5) is 4.13. The van der Waals surface area contributed by atoms with Crippen molar-refractivity contribution in [3.8, 4) is 0 Å². The van der Waals surface area contributed by atoms with Crippen molar-refractivity contribution in [2.24, 2.45) is 5.41 Å². The van der Waals surface area contributed by atoms with E-state index in [1.807, 2.05) is 0 Å². The number of nitrogens with zero attached hydrogens (tertiary/aromatic N) is 2. The van der Waals surface area contributed by atoms with Crippen LogP contribution in [0.15, 0.2) is 4.52 Å². The Bertz CT molecular complexity index is 310. The number of methoxy groups -OCH3 is 1. The number of aryl methyl sites for hydroxylation is 1. The van der Waals surface area contributed by atoms with Gasteiger partial charge in [0, 0.05) is 27.2 Å². The molecule has 0 fully saturated rings. The van der Waals surface area contributed by atoms with Gasteiger partial charge in [0.25, 0.3) is 0 Å². The zero-order chi connectivity index (χ0) is 12.0. The van der Waals surface area contributed by atoms with Crippen molar-refractivity contribution >= 4 is 0 Å². The number of nitrogens with one attached hydrogen (secondary N) is 1. The second-order valence-corrected chi connectivity index (χ2v) is 4.74. The molecule has 1 aromatic rings. The largest absolute Gasteiger partial charge is 0.385 e. The van der Waals surface area contributed by atoms with Gasteiger partial charge < -0.3 is 14.6 Å². The summed E-state index contributed by atoms with van der Waals surface area (Å²) in [5.74, 6) is 1.32. The maximum absolute atomic E-state index is 5.08. The highest BCUT2D eigenvalue weighted by Crippen LogP contribution is 2.18. The fourth-order valence-electron chi connectivity index (χ4n) is 1.39. The second kappa shape index (κ2) is 5.96. The molecule has 0 saturated heterocycles. The van der Waals surface area contributed by atoms with Crippen LogP contribution in [-0.4, -0.2) is 30.4 Å². The lowest BCUT2D eigenvalue weighted by Gasteiger charge is -2.24. The molecule has 16 heavy (non-hydrogen) atoms. The van der Waals surface area contributed by atoms with Crippen LogP contribution in [0.4, 0.5) is 0 Å². The van der Waals surface area contributed by atoms with Crippen LogP contribution in [0.25, 0.3) is 0 Å². The van der Waals surface area contributed by atoms with E-state index < -0.39 is 0 Å². The standard InChI is InChI=1S/C11H21N3O2/c1-9-13-10(14-16-9)7-12-8-11(2,3)5-6-15-4/h12H,5-8H2,1-4H3. The summed E-state index contributed by atoms with van der Waals surface area (Å²) in [5.41, 5.74) is 0.217. The van der Waals surface area contributed by atoms with Gasteiger partial charge in [0.15, 0.2) is 5.82 Å². The zero-order valence-corrected chi connectivity index (χ0v) is 10.5. The Labute approximate surface area is 96.6 Å². The predicted octanol–water partition coefficient (Wildman–Crippen LogP) is 1.53. The first-order chi connectivity index (χ1) is 7.53. The Morgan fingerprint density at radius 2 is 2.19 bits per heavy atom. The van der Waals surface area contributed by atoms with Gasteiger partial charge in [-0.2, -0.15) is 4.98 Å². The fraction of sp³-hybridized carbons (Fsp3) is 0.818. The molecule has 0 amide bonds. The lowest BCUT2D eigenvalue weighted by molar-refractivity contribution is 0.150. The Morgan fingerprint density at radius 1 is 1.44 bits per heavy atom. The first kappa shape index (κ1) is 13.1. The van der Waals surface area contributed by atoms with E-state index in [9.17, 15) is 0 Å². The fourth-order valence-corrected chi connectivity index (χ4v) is 1.39. The van der Waals surface area contributed by atoms with Crippen molar-refractivity contribution < 1.29 is 9.26 Å². The molecule has 0 aliphatic rings. The van der Waals surface area contributed by atoms with E-state index in [2.05, 4.69) is 29.3 Å². The predicted molar refractivity (Wildman–Crippen MR) is 61.0 cm³/mol. The summed E-state index contributed by atoms with van der Waals surface area (Å²) in [7, 11) is 1.73. The smallest absolute Gasteiger partial charge is 0.223 e. The minimum absolute atomic E-state index is 0.217. The van der Waals surface area contributed by atoms with Crippen LogP contribution >= 0.6 is 0 Å². The monoisotopic (exact) mass is 227 g/mol. The van der Waals surface area contributed by atoms with E-state index in [0.717, 1.165) is 19.6 Å². The molecule has 0 aromatic carbocycles. The van der Waals surface area contributed by atoms with E-state index in [1.54, 1.807) is 14.0 Å². The van der Waals surface area contributed by atoms with Gasteiger partial charge in [0.2, 0.25) is 5.89 Å². The summed E-state index contributed by atoms with van der Waals surface area (Å²) in [5, 5.41) is 7.15. The topological polar surface area (TPSA) is 60.2 Å². The summed E-state index contributed by atoms with van der Waals surface area (Å²) in [6.07, 6.45) is 1.03. The molecular weight excluding hydrogens is 206 g/mol. The van der Waals surface area contributed by atoms with Crippen molar-refractivity contribution in [2.75, 3.05) is 20.3 Å². The quantitative estimate of drug-likeness (QED) is 0.765. The van der Waals surface area contributed by atoms with Crippen molar-refractivity contribution in [2.45, 2.75) is 33.7 Å². The Morgan fingerprint density at radius 3 is 2.75 bits per heavy atom. The van der Waals surface area contributed by atoms with Crippen LogP contribution in [0.1, 0.15) is 32.0 Å². The summed E-state index contributed by atoms with van der Waals surface area (Å²) >= 11 is 0. The summed E-state index contributed by atoms with van der Waals surface area (Å²) in [6.45, 7) is 8.55. The molecule has 1 rings (SSSR count). The van der Waals surface area contributed by atoms with Gasteiger partial charge in [0.05, 0.1) is 6.54 Å². The van der Waals surface area contributed by atoms with Crippen LogP contribution < -0.4 is 5.32 Å². The number of hydrogen-bond acceptors (Lipinski definition) is 5. The van der Waals surface area contributed by atoms with E-state index in [1.165, 1.54) is 0 Å². The molecule has 0 saturated carbocycles. The van der Waals surface area contributed by atoms with Crippen molar-refractivity contribution in [3.63, 3.8) is 0 Å². The molecule has 1 N–H and O–H groups in total. The molecule has 92 valence electrons. The number of rotatable bonds is 7. The molecule has 1 aromatic heterocycles. The van der Waals surface area contributed by atoms with Gasteiger partial charge in [-0.15, -0.1) is 0 Å². The first-order valence-corrected chi connectivity index (χ1v) is 5.52. The van der Waals surface area contributed by atoms with Gasteiger partial charge in [-0.25, -0.2) is 0 Å². The molecule has 0 aliphatic carbocycles. The molecule has 0 radical (unpaired) electrons. The highest BCUT2D eigenvalue weighted by Gasteiger charge is 2.17. The van der Waals surface area contributed by atoms with Crippen LogP contribution in [0.3, 0.4) is 0 Å². The first-order valence-electron chi connectivity index (χ1n) is 5.52. The molecule has 1 heterocycles. The minimum Gasteiger partial charge on any atom is -0.385 e. The van der Waals surface area contributed by atoms with Gasteiger partial charge in [-0.05, 0) is 11.8 Å². The number of ether oxygens (including phenoxy) is 1. The van der Waals surface area contributed by atoms with Crippen molar-refractivity contribution in [1.29, 1.82) is 0 Å². The molecule has 0 spiro atoms. The summed E-state index contributed by atoms with van der Waals surface area (Å²) < 4.78 is 9.97. The van der Waals surface area contributed by atoms with Gasteiger partial charge in [-0.3, -0.25) is 0 Å². The maximum Gasteiger partial charge on any atom is 0.223 e. The van der Waals surface area contributed by atoms with Crippen LogP contribution in [0, 0.1) is 12.3 Å². The van der Waals surface area contributed by atoms with Crippen LogP contribution in [0.5, 0.6) is 0 Å². The molecular formula is C11H21N3O2. The van der Waals surface area contributed by atoms with Crippen molar-refractivity contribution in [3.05, 3.63) is 11.7 Å². The third kappa shape index (κ3) is 4.72. The van der Waals surface area contributed by atoms with Crippen molar-refractivity contribution in [1.82, 2.24) is 15.5 Å². The highest BCUT2D eigenvalue weighted by atomic mass is 16.5. The second-order valence-electron chi connectivity index (χ2n) is 4.74. The van der Waals surface area contributed by atoms with E-state index in [4.69, 9.17) is 9.26 Å². The van der Waals surface area contributed by atoms with Crippen LogP contribution in [-0.2, 0) is 11.3 Å². The summed E-state index contributed by atoms with van der Waals surface area (Å²) in [6, 6.07) is 0. The van der Waals surface area contributed by atoms with E-state index in [-0.39, 0.29) is 5.41 Å². The minimum atomic E-state index is 0.217. The average molecular weight is 227 g/mol. The molecule has 0 bridgehead atoms. The van der Waals surface area contributed by atoms with E-state index in [0.29, 0.717) is 18.3 Å². The Balaban J connectivity index is 2.24. The lowest BCUT2D eigenvalue weighted by Crippen LogP contribution is -2.30. The van der Waals surface area contributed by atoms with Crippen LogP contribution in [0.2, 0.25) is 0 Å². The van der Waals surface area contributed by atoms with Gasteiger partial charge in [-0.1, -0.05) is 19.0 Å². The molecule has 5 nitrogen and oxygen atoms in total. The Hall–Kier alpha value is -0.940. The highest BCUT2D eigenvalue weighted by molar-refractivity contribution is 4.83. The molecule has 0 unspecified atom stereocenters. The molecule has 0 aliphatic heterocycles. The SMILES string of the molecule is COCCC(C)(C)CNCc1noc(C)n1. The average Bonchev–Trinajstić information content (AvgIpc) is 2.61. The zero-order valence-electron chi connectivity index (χ0n) is 10.5. The third-order valence-electron chi connectivity index (χ3n) is 2.44. The molecule has 5 heteroatoms. The lowest BCUT2D eigenvalue weighted by atomic mass is 9.90. The Kier molecular flexibility index (Phi) is 4.89. The molecule has 0 atom stereocenters.